The summed E-state index contributed by atoms with van der Waals surface area (Å²) < 4.78 is 1.90. The Morgan fingerprint density at radius 1 is 1.10 bits per heavy atom. The number of carbonyl (C=O) groups excluding carboxylic acids is 1. The molecule has 2 heterocycles. The van der Waals surface area contributed by atoms with Gasteiger partial charge >= 0.3 is 5.97 Å². The van der Waals surface area contributed by atoms with E-state index in [1.165, 1.54) is 44.1 Å². The number of carbonyl (C=O) groups is 2. The van der Waals surface area contributed by atoms with Crippen molar-refractivity contribution in [2.75, 3.05) is 6.54 Å². The number of rotatable bonds is 7. The number of aryl methyl sites for hydroxylation is 1. The van der Waals surface area contributed by atoms with Crippen molar-refractivity contribution in [3.63, 3.8) is 0 Å². The lowest BCUT2D eigenvalue weighted by Gasteiger charge is -2.29. The van der Waals surface area contributed by atoms with Gasteiger partial charge in [-0.05, 0) is 61.3 Å². The lowest BCUT2D eigenvalue weighted by atomic mass is 9.77. The maximum Gasteiger partial charge on any atom is 0.303 e. The zero-order chi connectivity index (χ0) is 21.8. The van der Waals surface area contributed by atoms with Crippen LogP contribution < -0.4 is 0 Å². The number of nitrogens with zero attached hydrogens (tertiary/aromatic N) is 3. The predicted octanol–water partition coefficient (Wildman–Crippen LogP) is 4.63. The van der Waals surface area contributed by atoms with Crippen LogP contribution in [0.2, 0.25) is 0 Å². The number of aliphatic carboxylic acids is 1. The Labute approximate surface area is 184 Å². The Hall–Kier alpha value is -2.63. The third kappa shape index (κ3) is 5.17. The van der Waals surface area contributed by atoms with E-state index in [0.717, 1.165) is 22.9 Å². The van der Waals surface area contributed by atoms with Crippen molar-refractivity contribution in [2.45, 2.75) is 77.3 Å². The molecule has 1 amide bonds. The molecule has 166 valence electrons. The second kappa shape index (κ2) is 9.67. The molecule has 0 atom stereocenters. The number of hydrogen-bond acceptors (Lipinski definition) is 3. The summed E-state index contributed by atoms with van der Waals surface area (Å²) in [6.45, 7) is 4.06. The highest BCUT2D eigenvalue weighted by Crippen LogP contribution is 2.37. The van der Waals surface area contributed by atoms with Gasteiger partial charge < -0.3 is 10.0 Å². The molecule has 2 aromatic rings. The fourth-order valence-electron chi connectivity index (χ4n) is 5.13. The quantitative estimate of drug-likeness (QED) is 0.704. The van der Waals surface area contributed by atoms with E-state index in [4.69, 9.17) is 5.11 Å². The first-order chi connectivity index (χ1) is 15.0. The molecule has 1 N–H and O–H groups in total. The van der Waals surface area contributed by atoms with Crippen LogP contribution in [-0.2, 0) is 24.3 Å². The van der Waals surface area contributed by atoms with Crippen molar-refractivity contribution < 1.29 is 14.7 Å². The van der Waals surface area contributed by atoms with Crippen molar-refractivity contribution in [3.05, 3.63) is 52.8 Å². The van der Waals surface area contributed by atoms with E-state index in [-0.39, 0.29) is 12.3 Å². The van der Waals surface area contributed by atoms with Gasteiger partial charge in [-0.2, -0.15) is 5.10 Å². The summed E-state index contributed by atoms with van der Waals surface area (Å²) in [5.41, 5.74) is 3.86. The molecule has 1 aliphatic heterocycles. The van der Waals surface area contributed by atoms with Crippen LogP contribution in [0.25, 0.3) is 0 Å². The van der Waals surface area contributed by atoms with Crippen LogP contribution in [-0.4, -0.2) is 38.2 Å². The van der Waals surface area contributed by atoms with Crippen molar-refractivity contribution in [2.24, 2.45) is 5.92 Å². The summed E-state index contributed by atoms with van der Waals surface area (Å²) in [4.78, 5) is 25.7. The van der Waals surface area contributed by atoms with E-state index < -0.39 is 5.97 Å². The topological polar surface area (TPSA) is 75.4 Å². The smallest absolute Gasteiger partial charge is 0.303 e. The summed E-state index contributed by atoms with van der Waals surface area (Å²) in [5, 5.41) is 13.4. The molecule has 6 nitrogen and oxygen atoms in total. The summed E-state index contributed by atoms with van der Waals surface area (Å²) in [7, 11) is 0. The summed E-state index contributed by atoms with van der Waals surface area (Å²) in [5.74, 6) is 0.767. The number of carboxylic acids is 1. The molecule has 1 aliphatic carbocycles. The van der Waals surface area contributed by atoms with Crippen LogP contribution in [0.3, 0.4) is 0 Å². The Kier molecular flexibility index (Phi) is 6.73. The number of amides is 1. The highest BCUT2D eigenvalue weighted by atomic mass is 16.4. The molecule has 31 heavy (non-hydrogen) atoms. The molecule has 1 aromatic carbocycles. The lowest BCUT2D eigenvalue weighted by Crippen LogP contribution is -2.38. The molecule has 6 heteroatoms. The summed E-state index contributed by atoms with van der Waals surface area (Å²) in [6.07, 6.45) is 8.32. The average molecular weight is 424 g/mol. The normalized spacial score (nSPS) is 21.0. The number of hydrogen-bond donors (Lipinski definition) is 1. The molecular weight excluding hydrogens is 390 g/mol. The largest absolute Gasteiger partial charge is 0.481 e. The Morgan fingerprint density at radius 2 is 1.84 bits per heavy atom. The Morgan fingerprint density at radius 3 is 2.52 bits per heavy atom. The van der Waals surface area contributed by atoms with E-state index in [1.54, 1.807) is 0 Å². The number of carboxylic acid groups (broad SMARTS) is 1. The highest BCUT2D eigenvalue weighted by Gasteiger charge is 2.25. The first-order valence-electron chi connectivity index (χ1n) is 11.7. The SMILES string of the molecule is CCCC1CCC(c2ccc(C(=O)N3CCn4nc(CCC(=O)O)cc4C3)cc2)CC1. The summed E-state index contributed by atoms with van der Waals surface area (Å²) in [6, 6.07) is 10.2. The second-order valence-corrected chi connectivity index (χ2v) is 9.10. The van der Waals surface area contributed by atoms with E-state index in [1.807, 2.05) is 27.8 Å². The van der Waals surface area contributed by atoms with Crippen LogP contribution in [0.5, 0.6) is 0 Å². The third-order valence-corrected chi connectivity index (χ3v) is 6.90. The van der Waals surface area contributed by atoms with E-state index in [9.17, 15) is 9.59 Å². The van der Waals surface area contributed by atoms with Gasteiger partial charge in [-0.25, -0.2) is 0 Å². The maximum atomic E-state index is 13.1. The van der Waals surface area contributed by atoms with Gasteiger partial charge in [0.1, 0.15) is 0 Å². The van der Waals surface area contributed by atoms with Gasteiger partial charge in [0.25, 0.3) is 5.91 Å². The van der Waals surface area contributed by atoms with Crippen LogP contribution >= 0.6 is 0 Å². The molecule has 0 unspecified atom stereocenters. The fourth-order valence-corrected chi connectivity index (χ4v) is 5.13. The Balaban J connectivity index is 1.35. The molecule has 4 rings (SSSR count). The number of aromatic nitrogens is 2. The van der Waals surface area contributed by atoms with Crippen molar-refractivity contribution in [1.82, 2.24) is 14.7 Å². The van der Waals surface area contributed by atoms with Gasteiger partial charge in [0, 0.05) is 18.5 Å². The van der Waals surface area contributed by atoms with E-state index in [2.05, 4.69) is 24.2 Å². The van der Waals surface area contributed by atoms with Gasteiger partial charge in [-0.3, -0.25) is 14.3 Å². The fraction of sp³-hybridized carbons (Fsp3) is 0.560. The molecule has 2 aliphatic rings. The zero-order valence-electron chi connectivity index (χ0n) is 18.4. The van der Waals surface area contributed by atoms with Gasteiger partial charge in [-0.1, -0.05) is 31.9 Å². The average Bonchev–Trinajstić information content (AvgIpc) is 3.20. The third-order valence-electron chi connectivity index (χ3n) is 6.90. The van der Waals surface area contributed by atoms with Crippen LogP contribution in [0.4, 0.5) is 0 Å². The number of benzene rings is 1. The monoisotopic (exact) mass is 423 g/mol. The highest BCUT2D eigenvalue weighted by molar-refractivity contribution is 5.94. The van der Waals surface area contributed by atoms with Gasteiger partial charge in [0.2, 0.25) is 0 Å². The van der Waals surface area contributed by atoms with E-state index >= 15 is 0 Å². The van der Waals surface area contributed by atoms with Crippen LogP contribution in [0, 0.1) is 5.92 Å². The number of fused-ring (bicyclic) bond motifs is 1. The molecule has 0 radical (unpaired) electrons. The standard InChI is InChI=1S/C25H33N3O3/c1-2-3-18-4-6-19(7-5-18)20-8-10-21(11-9-20)25(31)27-14-15-28-23(17-27)16-22(26-28)12-13-24(29)30/h8-11,16,18-19H,2-7,12-15,17H2,1H3,(H,29,30). The van der Waals surface area contributed by atoms with Gasteiger partial charge in [0.15, 0.2) is 0 Å². The minimum absolute atomic E-state index is 0.0535. The van der Waals surface area contributed by atoms with Crippen LogP contribution in [0.1, 0.15) is 85.1 Å². The van der Waals surface area contributed by atoms with Gasteiger partial charge in [-0.15, -0.1) is 0 Å². The van der Waals surface area contributed by atoms with E-state index in [0.29, 0.717) is 32.0 Å². The minimum atomic E-state index is -0.819. The molecule has 1 fully saturated rings. The first-order valence-corrected chi connectivity index (χ1v) is 11.7. The zero-order valence-corrected chi connectivity index (χ0v) is 18.4. The minimum Gasteiger partial charge on any atom is -0.481 e. The Bertz CT molecular complexity index is 911. The molecule has 0 spiro atoms. The molecule has 0 saturated heterocycles. The van der Waals surface area contributed by atoms with Crippen molar-refractivity contribution in [3.8, 4) is 0 Å². The first kappa shape index (κ1) is 21.6. The molecular formula is C25H33N3O3. The van der Waals surface area contributed by atoms with Crippen molar-refractivity contribution in [1.29, 1.82) is 0 Å². The maximum absolute atomic E-state index is 13.1. The predicted molar refractivity (Wildman–Crippen MR) is 119 cm³/mol. The second-order valence-electron chi connectivity index (χ2n) is 9.10. The van der Waals surface area contributed by atoms with Crippen LogP contribution in [0.15, 0.2) is 30.3 Å². The lowest BCUT2D eigenvalue weighted by molar-refractivity contribution is -0.136. The summed E-state index contributed by atoms with van der Waals surface area (Å²) >= 11 is 0. The molecule has 1 aromatic heterocycles. The van der Waals surface area contributed by atoms with Crippen molar-refractivity contribution >= 4 is 11.9 Å². The van der Waals surface area contributed by atoms with Gasteiger partial charge in [0.05, 0.1) is 30.9 Å². The molecule has 1 saturated carbocycles. The molecule has 0 bridgehead atoms.